The fourth-order valence-corrected chi connectivity index (χ4v) is 2.28. The summed E-state index contributed by atoms with van der Waals surface area (Å²) >= 11 is 0. The molecule has 2 aromatic carbocycles. The van der Waals surface area contributed by atoms with Crippen LogP contribution in [0.4, 0.5) is 5.69 Å². The predicted octanol–water partition coefficient (Wildman–Crippen LogP) is 2.88. The Kier molecular flexibility index (Phi) is 4.89. The van der Waals surface area contributed by atoms with Crippen LogP contribution in [0.15, 0.2) is 71.7 Å². The summed E-state index contributed by atoms with van der Waals surface area (Å²) in [5.41, 5.74) is 0.721. The molecule has 126 valence electrons. The van der Waals surface area contributed by atoms with E-state index < -0.39 is 11.3 Å². The van der Waals surface area contributed by atoms with Crippen molar-refractivity contribution in [2.45, 2.75) is 6.92 Å². The van der Waals surface area contributed by atoms with Gasteiger partial charge in [-0.25, -0.2) is 4.68 Å². The number of hydrogen-bond donors (Lipinski definition) is 1. The molecule has 0 atom stereocenters. The van der Waals surface area contributed by atoms with Crippen LogP contribution in [-0.4, -0.2) is 22.3 Å². The smallest absolute Gasteiger partial charge is 0.280 e. The van der Waals surface area contributed by atoms with E-state index in [1.165, 1.54) is 16.9 Å². The Bertz CT molecular complexity index is 919. The third-order valence-electron chi connectivity index (χ3n) is 3.47. The summed E-state index contributed by atoms with van der Waals surface area (Å²) in [7, 11) is 0. The van der Waals surface area contributed by atoms with E-state index in [9.17, 15) is 9.59 Å². The third-order valence-corrected chi connectivity index (χ3v) is 3.47. The molecular weight excluding hydrogens is 318 g/mol. The molecule has 0 radical (unpaired) electrons. The number of aromatic nitrogens is 2. The van der Waals surface area contributed by atoms with Crippen LogP contribution in [0.5, 0.6) is 5.75 Å². The van der Waals surface area contributed by atoms with E-state index in [0.717, 1.165) is 5.69 Å². The van der Waals surface area contributed by atoms with E-state index in [-0.39, 0.29) is 5.69 Å². The molecule has 6 heteroatoms. The van der Waals surface area contributed by atoms with Crippen LogP contribution < -0.4 is 15.5 Å². The molecule has 0 fully saturated rings. The van der Waals surface area contributed by atoms with E-state index in [2.05, 4.69) is 10.4 Å². The quantitative estimate of drug-likeness (QED) is 0.778. The molecule has 1 N–H and O–H groups in total. The van der Waals surface area contributed by atoms with E-state index in [1.54, 1.807) is 24.3 Å². The summed E-state index contributed by atoms with van der Waals surface area (Å²) in [5, 5.41) is 6.83. The molecule has 0 saturated heterocycles. The fourth-order valence-electron chi connectivity index (χ4n) is 2.28. The van der Waals surface area contributed by atoms with Crippen molar-refractivity contribution < 1.29 is 9.53 Å². The molecule has 0 bridgehead atoms. The molecule has 0 aliphatic rings. The lowest BCUT2D eigenvalue weighted by Gasteiger charge is -2.09. The zero-order valence-electron chi connectivity index (χ0n) is 13.7. The highest BCUT2D eigenvalue weighted by molar-refractivity contribution is 6.02. The van der Waals surface area contributed by atoms with Gasteiger partial charge in [0, 0.05) is 18.0 Å². The molecule has 3 aromatic rings. The summed E-state index contributed by atoms with van der Waals surface area (Å²) in [4.78, 5) is 24.4. The van der Waals surface area contributed by atoms with Crippen molar-refractivity contribution in [3.63, 3.8) is 0 Å². The Morgan fingerprint density at radius 1 is 1.08 bits per heavy atom. The van der Waals surface area contributed by atoms with Crippen LogP contribution >= 0.6 is 0 Å². The van der Waals surface area contributed by atoms with Crippen LogP contribution in [0.3, 0.4) is 0 Å². The SMILES string of the molecule is CCOc1ccc(NC(=O)c2nn(-c3ccccc3)ccc2=O)cc1. The average Bonchev–Trinajstić information content (AvgIpc) is 2.64. The Morgan fingerprint density at radius 3 is 2.48 bits per heavy atom. The highest BCUT2D eigenvalue weighted by Crippen LogP contribution is 2.16. The summed E-state index contributed by atoms with van der Waals surface area (Å²) in [5.74, 6) is 0.157. The minimum Gasteiger partial charge on any atom is -0.494 e. The fraction of sp³-hybridized carbons (Fsp3) is 0.105. The van der Waals surface area contributed by atoms with Crippen LogP contribution in [0.2, 0.25) is 0 Å². The van der Waals surface area contributed by atoms with Crippen LogP contribution in [0.25, 0.3) is 5.69 Å². The van der Waals surface area contributed by atoms with Crippen molar-refractivity contribution in [1.82, 2.24) is 9.78 Å². The van der Waals surface area contributed by atoms with Gasteiger partial charge in [-0.2, -0.15) is 5.10 Å². The number of ether oxygens (including phenoxy) is 1. The van der Waals surface area contributed by atoms with Gasteiger partial charge in [0.15, 0.2) is 5.69 Å². The van der Waals surface area contributed by atoms with Crippen molar-refractivity contribution in [2.75, 3.05) is 11.9 Å². The summed E-state index contributed by atoms with van der Waals surface area (Å²) in [6.45, 7) is 2.47. The Labute approximate surface area is 144 Å². The van der Waals surface area contributed by atoms with Gasteiger partial charge in [0.25, 0.3) is 5.91 Å². The number of para-hydroxylation sites is 1. The Morgan fingerprint density at radius 2 is 1.80 bits per heavy atom. The number of carbonyl (C=O) groups excluding carboxylic acids is 1. The second kappa shape index (κ2) is 7.44. The van der Waals surface area contributed by atoms with E-state index in [1.807, 2.05) is 37.3 Å². The largest absolute Gasteiger partial charge is 0.494 e. The van der Waals surface area contributed by atoms with Gasteiger partial charge in [0.1, 0.15) is 5.75 Å². The molecule has 0 aliphatic heterocycles. The number of rotatable bonds is 5. The van der Waals surface area contributed by atoms with Gasteiger partial charge in [-0.1, -0.05) is 18.2 Å². The first kappa shape index (κ1) is 16.4. The number of nitrogens with one attached hydrogen (secondary N) is 1. The number of carbonyl (C=O) groups is 1. The molecule has 0 saturated carbocycles. The van der Waals surface area contributed by atoms with Crippen molar-refractivity contribution >= 4 is 11.6 Å². The summed E-state index contributed by atoms with van der Waals surface area (Å²) < 4.78 is 6.85. The van der Waals surface area contributed by atoms with Crippen molar-refractivity contribution in [3.8, 4) is 11.4 Å². The summed E-state index contributed by atoms with van der Waals surface area (Å²) in [6.07, 6.45) is 1.53. The first-order valence-electron chi connectivity index (χ1n) is 7.87. The normalized spacial score (nSPS) is 10.3. The molecule has 1 aromatic heterocycles. The second-order valence-electron chi connectivity index (χ2n) is 5.22. The highest BCUT2D eigenvalue weighted by Gasteiger charge is 2.13. The van der Waals surface area contributed by atoms with Crippen LogP contribution in [-0.2, 0) is 0 Å². The van der Waals surface area contributed by atoms with E-state index in [0.29, 0.717) is 18.0 Å². The van der Waals surface area contributed by atoms with Crippen molar-refractivity contribution in [1.29, 1.82) is 0 Å². The molecule has 6 nitrogen and oxygen atoms in total. The molecule has 1 amide bonds. The molecule has 25 heavy (non-hydrogen) atoms. The van der Waals surface area contributed by atoms with E-state index in [4.69, 9.17) is 4.74 Å². The first-order chi connectivity index (χ1) is 12.2. The van der Waals surface area contributed by atoms with E-state index >= 15 is 0 Å². The lowest BCUT2D eigenvalue weighted by molar-refractivity contribution is 0.101. The maximum Gasteiger partial charge on any atom is 0.280 e. The molecule has 0 spiro atoms. The van der Waals surface area contributed by atoms with Crippen molar-refractivity contribution in [2.24, 2.45) is 0 Å². The molecule has 0 unspecified atom stereocenters. The van der Waals surface area contributed by atoms with Crippen LogP contribution in [0.1, 0.15) is 17.4 Å². The minimum absolute atomic E-state index is 0.166. The maximum atomic E-state index is 12.4. The monoisotopic (exact) mass is 335 g/mol. The third kappa shape index (κ3) is 3.92. The number of benzene rings is 2. The lowest BCUT2D eigenvalue weighted by atomic mass is 10.2. The lowest BCUT2D eigenvalue weighted by Crippen LogP contribution is -2.25. The maximum absolute atomic E-state index is 12.4. The average molecular weight is 335 g/mol. The highest BCUT2D eigenvalue weighted by atomic mass is 16.5. The number of nitrogens with zero attached hydrogens (tertiary/aromatic N) is 2. The Hall–Kier alpha value is -3.41. The number of anilines is 1. The molecular formula is C19H17N3O3. The molecule has 3 rings (SSSR count). The Balaban J connectivity index is 1.83. The summed E-state index contributed by atoms with van der Waals surface area (Å²) in [6, 6.07) is 17.5. The van der Waals surface area contributed by atoms with Gasteiger partial charge in [0.05, 0.1) is 12.3 Å². The van der Waals surface area contributed by atoms with Gasteiger partial charge < -0.3 is 10.1 Å². The van der Waals surface area contributed by atoms with Gasteiger partial charge in [0.2, 0.25) is 5.43 Å². The number of amides is 1. The zero-order valence-corrected chi connectivity index (χ0v) is 13.7. The van der Waals surface area contributed by atoms with Gasteiger partial charge in [-0.15, -0.1) is 0 Å². The topological polar surface area (TPSA) is 73.2 Å². The van der Waals surface area contributed by atoms with Gasteiger partial charge in [-0.3, -0.25) is 9.59 Å². The standard InChI is InChI=1S/C19H17N3O3/c1-2-25-16-10-8-14(9-11-16)20-19(24)18-17(23)12-13-22(21-18)15-6-4-3-5-7-15/h3-13H,2H2,1H3,(H,20,24). The second-order valence-corrected chi connectivity index (χ2v) is 5.22. The van der Waals surface area contributed by atoms with Gasteiger partial charge in [-0.05, 0) is 43.3 Å². The number of hydrogen-bond acceptors (Lipinski definition) is 4. The van der Waals surface area contributed by atoms with Gasteiger partial charge >= 0.3 is 0 Å². The van der Waals surface area contributed by atoms with Crippen LogP contribution in [0, 0.1) is 0 Å². The first-order valence-corrected chi connectivity index (χ1v) is 7.87. The predicted molar refractivity (Wildman–Crippen MR) is 95.4 cm³/mol. The zero-order chi connectivity index (χ0) is 17.6. The minimum atomic E-state index is -0.556. The molecule has 1 heterocycles. The molecule has 0 aliphatic carbocycles. The van der Waals surface area contributed by atoms with Crippen molar-refractivity contribution in [3.05, 3.63) is 82.8 Å².